The molecule has 1 aromatic carbocycles. The van der Waals surface area contributed by atoms with Crippen LogP contribution in [0, 0.1) is 6.92 Å². The van der Waals surface area contributed by atoms with Crippen molar-refractivity contribution in [2.75, 3.05) is 13.2 Å². The van der Waals surface area contributed by atoms with E-state index in [9.17, 15) is 4.79 Å². The van der Waals surface area contributed by atoms with E-state index in [1.807, 2.05) is 31.2 Å². The average molecular weight is 238 g/mol. The van der Waals surface area contributed by atoms with Crippen molar-refractivity contribution >= 4 is 12.1 Å². The maximum atomic E-state index is 10.4. The highest BCUT2D eigenvalue weighted by Crippen LogP contribution is 2.15. The van der Waals surface area contributed by atoms with E-state index >= 15 is 0 Å². The third kappa shape index (κ3) is 7.76. The van der Waals surface area contributed by atoms with Gasteiger partial charge in [-0.3, -0.25) is 4.79 Å². The standard InChI is InChI=1S/C11H14O3.CO2/c1-9-5-3-4-6-11(9)14-8-7-13-10(2)12;2-1-3/h3-6H,7-8H2,1-2H3;. The maximum Gasteiger partial charge on any atom is 0.373 e. The number of aryl methyl sites for hydroxylation is 1. The Morgan fingerprint density at radius 1 is 1.24 bits per heavy atom. The summed E-state index contributed by atoms with van der Waals surface area (Å²) in [5.74, 6) is 0.554. The van der Waals surface area contributed by atoms with Crippen LogP contribution in [0.25, 0.3) is 0 Å². The summed E-state index contributed by atoms with van der Waals surface area (Å²) in [5, 5.41) is 0. The van der Waals surface area contributed by atoms with Crippen LogP contribution in [0.5, 0.6) is 5.75 Å². The minimum atomic E-state index is -0.279. The van der Waals surface area contributed by atoms with Crippen molar-refractivity contribution in [3.63, 3.8) is 0 Å². The van der Waals surface area contributed by atoms with Gasteiger partial charge in [-0.2, -0.15) is 9.59 Å². The molecule has 1 aromatic rings. The summed E-state index contributed by atoms with van der Waals surface area (Å²) < 4.78 is 10.1. The number of esters is 1. The second kappa shape index (κ2) is 9.12. The number of ether oxygens (including phenoxy) is 2. The molecular formula is C12H14O5. The van der Waals surface area contributed by atoms with Crippen LogP contribution in [0.2, 0.25) is 0 Å². The molecule has 17 heavy (non-hydrogen) atoms. The normalized spacial score (nSPS) is 8.35. The molecule has 0 bridgehead atoms. The average Bonchev–Trinajstić information content (AvgIpc) is 2.27. The van der Waals surface area contributed by atoms with Crippen molar-refractivity contribution in [3.05, 3.63) is 29.8 Å². The minimum Gasteiger partial charge on any atom is -0.490 e. The van der Waals surface area contributed by atoms with Gasteiger partial charge in [0.25, 0.3) is 0 Å². The van der Waals surface area contributed by atoms with Crippen LogP contribution < -0.4 is 4.74 Å². The van der Waals surface area contributed by atoms with Gasteiger partial charge in [-0.1, -0.05) is 18.2 Å². The number of carbonyl (C=O) groups is 1. The molecule has 0 unspecified atom stereocenters. The lowest BCUT2D eigenvalue weighted by molar-refractivity contribution is -0.191. The van der Waals surface area contributed by atoms with E-state index in [-0.39, 0.29) is 12.1 Å². The highest BCUT2D eigenvalue weighted by atomic mass is 16.6. The van der Waals surface area contributed by atoms with E-state index in [1.165, 1.54) is 6.92 Å². The monoisotopic (exact) mass is 238 g/mol. The van der Waals surface area contributed by atoms with E-state index in [2.05, 4.69) is 0 Å². The quantitative estimate of drug-likeness (QED) is 0.585. The molecule has 0 atom stereocenters. The first-order valence-electron chi connectivity index (χ1n) is 4.93. The highest BCUT2D eigenvalue weighted by molar-refractivity contribution is 5.65. The predicted molar refractivity (Wildman–Crippen MR) is 58.3 cm³/mol. The smallest absolute Gasteiger partial charge is 0.373 e. The number of para-hydroxylation sites is 1. The molecule has 0 heterocycles. The molecule has 0 saturated carbocycles. The Labute approximate surface area is 99.3 Å². The molecule has 0 amide bonds. The predicted octanol–water partition coefficient (Wildman–Crippen LogP) is 1.35. The van der Waals surface area contributed by atoms with Crippen molar-refractivity contribution in [2.45, 2.75) is 13.8 Å². The molecule has 92 valence electrons. The third-order valence-corrected chi connectivity index (χ3v) is 1.74. The largest absolute Gasteiger partial charge is 0.490 e. The van der Waals surface area contributed by atoms with E-state index < -0.39 is 0 Å². The molecule has 0 aromatic heterocycles. The lowest BCUT2D eigenvalue weighted by Gasteiger charge is -2.08. The second-order valence-electron chi connectivity index (χ2n) is 3.04. The summed E-state index contributed by atoms with van der Waals surface area (Å²) >= 11 is 0. The van der Waals surface area contributed by atoms with Crippen LogP contribution in [0.15, 0.2) is 24.3 Å². The summed E-state index contributed by atoms with van der Waals surface area (Å²) in [6.45, 7) is 4.04. The van der Waals surface area contributed by atoms with Gasteiger partial charge in [0.05, 0.1) is 0 Å². The van der Waals surface area contributed by atoms with Crippen molar-refractivity contribution < 1.29 is 23.9 Å². The Balaban J connectivity index is 0.000000770. The molecule has 0 aliphatic heterocycles. The summed E-state index contributed by atoms with van der Waals surface area (Å²) in [7, 11) is 0. The zero-order valence-corrected chi connectivity index (χ0v) is 9.76. The minimum absolute atomic E-state index is 0.250. The molecule has 0 saturated heterocycles. The summed E-state index contributed by atoms with van der Waals surface area (Å²) in [5.41, 5.74) is 1.08. The Hall–Kier alpha value is -2.13. The fourth-order valence-corrected chi connectivity index (χ4v) is 1.06. The van der Waals surface area contributed by atoms with Crippen LogP contribution in [-0.4, -0.2) is 25.3 Å². The van der Waals surface area contributed by atoms with Crippen molar-refractivity contribution in [2.24, 2.45) is 0 Å². The van der Waals surface area contributed by atoms with Crippen LogP contribution >= 0.6 is 0 Å². The summed E-state index contributed by atoms with van der Waals surface area (Å²) in [4.78, 5) is 26.7. The lowest BCUT2D eigenvalue weighted by atomic mass is 10.2. The molecule has 0 aliphatic carbocycles. The fraction of sp³-hybridized carbons (Fsp3) is 0.333. The number of benzene rings is 1. The fourth-order valence-electron chi connectivity index (χ4n) is 1.06. The molecule has 0 radical (unpaired) electrons. The Kier molecular flexibility index (Phi) is 7.98. The highest BCUT2D eigenvalue weighted by Gasteiger charge is 1.97. The van der Waals surface area contributed by atoms with Gasteiger partial charge < -0.3 is 9.47 Å². The first-order chi connectivity index (χ1) is 8.11. The van der Waals surface area contributed by atoms with E-state index in [0.717, 1.165) is 11.3 Å². The first-order valence-corrected chi connectivity index (χ1v) is 4.93. The summed E-state index contributed by atoms with van der Waals surface area (Å²) in [6, 6.07) is 7.73. The Bertz CT molecular complexity index is 380. The Morgan fingerprint density at radius 3 is 2.35 bits per heavy atom. The lowest BCUT2D eigenvalue weighted by Crippen LogP contribution is -2.09. The van der Waals surface area contributed by atoms with Crippen LogP contribution in [0.4, 0.5) is 0 Å². The second-order valence-corrected chi connectivity index (χ2v) is 3.04. The van der Waals surface area contributed by atoms with Gasteiger partial charge in [0.1, 0.15) is 19.0 Å². The van der Waals surface area contributed by atoms with Crippen molar-refractivity contribution in [1.29, 1.82) is 0 Å². The van der Waals surface area contributed by atoms with E-state index in [1.54, 1.807) is 0 Å². The number of hydrogen-bond acceptors (Lipinski definition) is 5. The molecule has 0 spiro atoms. The maximum absolute atomic E-state index is 10.4. The van der Waals surface area contributed by atoms with Gasteiger partial charge in [0.2, 0.25) is 0 Å². The molecule has 5 heteroatoms. The molecule has 0 aliphatic rings. The van der Waals surface area contributed by atoms with Gasteiger partial charge in [0.15, 0.2) is 0 Å². The number of carbonyl (C=O) groups excluding carboxylic acids is 3. The Morgan fingerprint density at radius 2 is 1.82 bits per heavy atom. The molecular weight excluding hydrogens is 224 g/mol. The van der Waals surface area contributed by atoms with Gasteiger partial charge in [0, 0.05) is 6.92 Å². The summed E-state index contributed by atoms with van der Waals surface area (Å²) in [6.07, 6.45) is 0.250. The van der Waals surface area contributed by atoms with Crippen molar-refractivity contribution in [3.8, 4) is 5.75 Å². The third-order valence-electron chi connectivity index (χ3n) is 1.74. The van der Waals surface area contributed by atoms with Crippen LogP contribution in [-0.2, 0) is 19.1 Å². The number of hydrogen-bond donors (Lipinski definition) is 0. The molecule has 0 N–H and O–H groups in total. The molecule has 0 fully saturated rings. The topological polar surface area (TPSA) is 69.7 Å². The molecule has 1 rings (SSSR count). The SMILES string of the molecule is CC(=O)OCCOc1ccccc1C.O=C=O. The van der Waals surface area contributed by atoms with Gasteiger partial charge in [-0.25, -0.2) is 0 Å². The first kappa shape index (κ1) is 14.9. The van der Waals surface area contributed by atoms with Gasteiger partial charge in [-0.05, 0) is 18.6 Å². The number of rotatable bonds is 4. The zero-order valence-electron chi connectivity index (χ0n) is 9.76. The molecule has 5 nitrogen and oxygen atoms in total. The van der Waals surface area contributed by atoms with Gasteiger partial charge >= 0.3 is 12.1 Å². The van der Waals surface area contributed by atoms with Crippen molar-refractivity contribution in [1.82, 2.24) is 0 Å². The zero-order chi connectivity index (χ0) is 13.1. The van der Waals surface area contributed by atoms with E-state index in [0.29, 0.717) is 13.2 Å². The van der Waals surface area contributed by atoms with Crippen LogP contribution in [0.3, 0.4) is 0 Å². The van der Waals surface area contributed by atoms with Crippen LogP contribution in [0.1, 0.15) is 12.5 Å². The van der Waals surface area contributed by atoms with E-state index in [4.69, 9.17) is 19.1 Å². The van der Waals surface area contributed by atoms with Gasteiger partial charge in [-0.15, -0.1) is 0 Å².